The Kier molecular flexibility index (Phi) is 23.0. The first-order valence-corrected chi connectivity index (χ1v) is 19.2. The predicted octanol–water partition coefficient (Wildman–Crippen LogP) is 13.8. The molecule has 0 saturated heterocycles. The van der Waals surface area contributed by atoms with E-state index in [0.29, 0.717) is 69.4 Å². The number of alkyl halides is 18. The summed E-state index contributed by atoms with van der Waals surface area (Å²) in [6.45, 7) is 1.99. The van der Waals surface area contributed by atoms with Crippen LogP contribution in [0.2, 0.25) is 0 Å². The van der Waals surface area contributed by atoms with Crippen LogP contribution in [0.15, 0.2) is 0 Å². The smallest absolute Gasteiger partial charge is 0.379 e. The standard InChI is InChI=1S/C36H58F18NO2/c1-55(2,3)26-28(57-25-21-17-13-9-5-7-11-15-19-23-30(39,40)32(43,44)34(47,48)36(52,53)54)27-56-24-20-16-12-8-4-6-10-14-18-22-29(37,38)31(41,42)33(45,46)35(49,50)51/h28H,4-27H2,1-3H3/q+1. The number of quaternary nitrogens is 1. The number of likely N-dealkylation sites (N-methyl/N-ethyl adjacent to an activating group) is 1. The third kappa shape index (κ3) is 18.4. The van der Waals surface area contributed by atoms with Crippen molar-refractivity contribution in [1.29, 1.82) is 0 Å². The fraction of sp³-hybridized carbons (Fsp3) is 1.00. The number of ether oxygens (including phenoxy) is 2. The van der Waals surface area contributed by atoms with Gasteiger partial charge in [-0.25, -0.2) is 0 Å². The molecule has 21 heteroatoms. The van der Waals surface area contributed by atoms with E-state index >= 15 is 0 Å². The lowest BCUT2D eigenvalue weighted by Gasteiger charge is -2.33. The van der Waals surface area contributed by atoms with Gasteiger partial charge < -0.3 is 14.0 Å². The lowest BCUT2D eigenvalue weighted by atomic mass is 9.97. The SMILES string of the molecule is C[N+](C)(C)CC(COCCCCCCCCCCCC(F)(F)C(F)(F)C(F)(F)C(F)(F)F)OCCCCCCCCCCCC(F)(F)C(F)(F)C(F)(F)C(F)(F)F. The van der Waals surface area contributed by atoms with Crippen molar-refractivity contribution < 1.29 is 93.0 Å². The van der Waals surface area contributed by atoms with Crippen molar-refractivity contribution in [3.8, 4) is 0 Å². The van der Waals surface area contributed by atoms with Gasteiger partial charge in [-0.05, 0) is 25.7 Å². The molecule has 0 aromatic heterocycles. The van der Waals surface area contributed by atoms with Crippen LogP contribution < -0.4 is 0 Å². The Bertz CT molecular complexity index is 1080. The van der Waals surface area contributed by atoms with Gasteiger partial charge in [0, 0.05) is 26.1 Å². The third-order valence-electron chi connectivity index (χ3n) is 9.24. The summed E-state index contributed by atoms with van der Waals surface area (Å²) in [7, 11) is 5.99. The molecule has 57 heavy (non-hydrogen) atoms. The molecule has 0 aliphatic rings. The van der Waals surface area contributed by atoms with Crippen LogP contribution in [-0.2, 0) is 9.47 Å². The van der Waals surface area contributed by atoms with E-state index in [4.69, 9.17) is 9.47 Å². The Morgan fingerprint density at radius 2 is 0.649 bits per heavy atom. The van der Waals surface area contributed by atoms with E-state index in [2.05, 4.69) is 0 Å². The van der Waals surface area contributed by atoms with Gasteiger partial charge in [-0.3, -0.25) is 0 Å². The van der Waals surface area contributed by atoms with Crippen LogP contribution in [0.3, 0.4) is 0 Å². The summed E-state index contributed by atoms with van der Waals surface area (Å²) in [4.78, 5) is 0. The first-order chi connectivity index (χ1) is 25.8. The number of nitrogens with zero attached hydrogens (tertiary/aromatic N) is 1. The molecule has 0 bridgehead atoms. The van der Waals surface area contributed by atoms with Gasteiger partial charge in [0.05, 0.1) is 27.7 Å². The highest BCUT2D eigenvalue weighted by molar-refractivity contribution is 5.01. The minimum atomic E-state index is -6.86. The topological polar surface area (TPSA) is 18.5 Å². The molecule has 0 rings (SSSR count). The van der Waals surface area contributed by atoms with Crippen molar-refractivity contribution in [2.75, 3.05) is 47.5 Å². The molecule has 0 aliphatic carbocycles. The van der Waals surface area contributed by atoms with Gasteiger partial charge in [0.2, 0.25) is 0 Å². The highest BCUT2D eigenvalue weighted by Gasteiger charge is 2.82. The van der Waals surface area contributed by atoms with Crippen LogP contribution in [0.5, 0.6) is 0 Å². The van der Waals surface area contributed by atoms with Crippen LogP contribution in [0.25, 0.3) is 0 Å². The molecule has 344 valence electrons. The van der Waals surface area contributed by atoms with E-state index in [0.717, 1.165) is 51.4 Å². The molecule has 0 saturated carbocycles. The average Bonchev–Trinajstić information content (AvgIpc) is 3.05. The zero-order valence-electron chi connectivity index (χ0n) is 32.6. The van der Waals surface area contributed by atoms with Gasteiger partial charge in [0.1, 0.15) is 12.6 Å². The number of unbranched alkanes of at least 4 members (excludes halogenated alkanes) is 16. The number of rotatable bonds is 33. The molecule has 1 unspecified atom stereocenters. The molecular weight excluding hydrogens is 820 g/mol. The van der Waals surface area contributed by atoms with Crippen LogP contribution in [0.1, 0.15) is 128 Å². The molecule has 0 spiro atoms. The van der Waals surface area contributed by atoms with Gasteiger partial charge in [0.15, 0.2) is 0 Å². The van der Waals surface area contributed by atoms with Crippen LogP contribution in [0, 0.1) is 0 Å². The van der Waals surface area contributed by atoms with Crippen molar-refractivity contribution >= 4 is 0 Å². The van der Waals surface area contributed by atoms with Crippen LogP contribution in [0.4, 0.5) is 79.0 Å². The van der Waals surface area contributed by atoms with Gasteiger partial charge >= 0.3 is 47.9 Å². The van der Waals surface area contributed by atoms with E-state index in [1.165, 1.54) is 0 Å². The molecule has 0 aromatic rings. The molecule has 0 N–H and O–H groups in total. The van der Waals surface area contributed by atoms with E-state index in [-0.39, 0.29) is 18.9 Å². The maximum Gasteiger partial charge on any atom is 0.460 e. The van der Waals surface area contributed by atoms with Crippen molar-refractivity contribution in [2.45, 2.75) is 182 Å². The molecule has 0 aromatic carbocycles. The molecule has 3 nitrogen and oxygen atoms in total. The summed E-state index contributed by atoms with van der Waals surface area (Å²) >= 11 is 0. The lowest BCUT2D eigenvalue weighted by Crippen LogP contribution is -2.60. The fourth-order valence-corrected chi connectivity index (χ4v) is 5.83. The van der Waals surface area contributed by atoms with Crippen molar-refractivity contribution in [3.05, 3.63) is 0 Å². The van der Waals surface area contributed by atoms with Crippen molar-refractivity contribution in [3.63, 3.8) is 0 Å². The predicted molar refractivity (Wildman–Crippen MR) is 178 cm³/mol. The third-order valence-corrected chi connectivity index (χ3v) is 9.24. The zero-order chi connectivity index (χ0) is 44.5. The van der Waals surface area contributed by atoms with Gasteiger partial charge in [-0.1, -0.05) is 89.9 Å². The minimum Gasteiger partial charge on any atom is -0.379 e. The Morgan fingerprint density at radius 1 is 0.368 bits per heavy atom. The Balaban J connectivity index is 4.09. The Hall–Kier alpha value is -1.38. The van der Waals surface area contributed by atoms with Gasteiger partial charge in [-0.2, -0.15) is 79.0 Å². The van der Waals surface area contributed by atoms with Crippen LogP contribution >= 0.6 is 0 Å². The molecular formula is C36H58F18NO2+. The number of hydrogen-bond donors (Lipinski definition) is 0. The Labute approximate surface area is 323 Å². The van der Waals surface area contributed by atoms with E-state index in [1.807, 2.05) is 21.1 Å². The first kappa shape index (κ1) is 55.6. The Morgan fingerprint density at radius 3 is 0.947 bits per heavy atom. The second-order valence-corrected chi connectivity index (χ2v) is 15.6. The second-order valence-electron chi connectivity index (χ2n) is 15.6. The average molecular weight is 879 g/mol. The summed E-state index contributed by atoms with van der Waals surface area (Å²) in [5.41, 5.74) is 0. The summed E-state index contributed by atoms with van der Waals surface area (Å²) < 4.78 is 245. The first-order valence-electron chi connectivity index (χ1n) is 19.2. The second kappa shape index (κ2) is 23.6. The molecule has 0 radical (unpaired) electrons. The van der Waals surface area contributed by atoms with Gasteiger partial charge in [0.25, 0.3) is 0 Å². The number of hydrogen-bond acceptors (Lipinski definition) is 2. The molecule has 0 heterocycles. The van der Waals surface area contributed by atoms with Gasteiger partial charge in [-0.15, -0.1) is 0 Å². The molecule has 0 fully saturated rings. The van der Waals surface area contributed by atoms with Crippen LogP contribution in [-0.4, -0.2) is 106 Å². The highest BCUT2D eigenvalue weighted by atomic mass is 19.4. The molecule has 1 atom stereocenters. The van der Waals surface area contributed by atoms with E-state index in [9.17, 15) is 79.0 Å². The monoisotopic (exact) mass is 878 g/mol. The van der Waals surface area contributed by atoms with E-state index < -0.39 is 73.6 Å². The maximum absolute atomic E-state index is 13.6. The zero-order valence-corrected chi connectivity index (χ0v) is 32.6. The quantitative estimate of drug-likeness (QED) is 0.0371. The van der Waals surface area contributed by atoms with Crippen molar-refractivity contribution in [1.82, 2.24) is 0 Å². The van der Waals surface area contributed by atoms with E-state index in [1.54, 1.807) is 0 Å². The summed E-state index contributed by atoms with van der Waals surface area (Å²) in [5.74, 6) is -37.9. The summed E-state index contributed by atoms with van der Waals surface area (Å²) in [6, 6.07) is 0. The minimum absolute atomic E-state index is 0.0262. The summed E-state index contributed by atoms with van der Waals surface area (Å²) in [5, 5.41) is 0. The fourth-order valence-electron chi connectivity index (χ4n) is 5.83. The molecule has 0 aliphatic heterocycles. The largest absolute Gasteiger partial charge is 0.460 e. The maximum atomic E-state index is 13.6. The molecule has 0 amide bonds. The number of halogens is 18. The lowest BCUT2D eigenvalue weighted by molar-refractivity contribution is -0.873. The normalized spacial score (nSPS) is 15.1. The summed E-state index contributed by atoms with van der Waals surface area (Å²) in [6.07, 6.45) is -9.17. The van der Waals surface area contributed by atoms with Crippen molar-refractivity contribution in [2.24, 2.45) is 0 Å². The highest BCUT2D eigenvalue weighted by Crippen LogP contribution is 2.55.